The van der Waals surface area contributed by atoms with Crippen LogP contribution in [0.25, 0.3) is 11.2 Å². The molecule has 0 radical (unpaired) electrons. The van der Waals surface area contributed by atoms with E-state index in [2.05, 4.69) is 28.2 Å². The number of fused-ring (bicyclic) bond motifs is 1. The molecule has 0 saturated heterocycles. The molecule has 1 unspecified atom stereocenters. The smallest absolute Gasteiger partial charge is 0.159 e. The molecule has 2 heterocycles. The van der Waals surface area contributed by atoms with Crippen molar-refractivity contribution in [2.24, 2.45) is 0 Å². The first-order chi connectivity index (χ1) is 8.98. The van der Waals surface area contributed by atoms with E-state index in [1.54, 1.807) is 0 Å². The van der Waals surface area contributed by atoms with Crippen LogP contribution in [0.2, 0.25) is 0 Å². The molecule has 0 aromatic carbocycles. The Balaban J connectivity index is 2.34. The number of aromatic nitrogens is 4. The van der Waals surface area contributed by atoms with E-state index in [-0.39, 0.29) is 10.9 Å². The van der Waals surface area contributed by atoms with Crippen molar-refractivity contribution in [2.45, 2.75) is 64.4 Å². The second-order valence-electron chi connectivity index (χ2n) is 5.85. The van der Waals surface area contributed by atoms with Gasteiger partial charge in [0.05, 0.1) is 11.1 Å². The van der Waals surface area contributed by atoms with Crippen LogP contribution < -0.4 is 0 Å². The van der Waals surface area contributed by atoms with Gasteiger partial charge in [-0.25, -0.2) is 9.67 Å². The van der Waals surface area contributed by atoms with Crippen LogP contribution in [0.15, 0.2) is 0 Å². The Hall–Kier alpha value is -1.03. The highest BCUT2D eigenvalue weighted by molar-refractivity contribution is 6.20. The van der Waals surface area contributed by atoms with Crippen molar-refractivity contribution in [3.05, 3.63) is 11.5 Å². The van der Waals surface area contributed by atoms with Gasteiger partial charge in [-0.15, -0.1) is 11.6 Å². The van der Waals surface area contributed by atoms with Gasteiger partial charge in [0.2, 0.25) is 0 Å². The monoisotopic (exact) mass is 280 g/mol. The van der Waals surface area contributed by atoms with Crippen molar-refractivity contribution in [3.63, 3.8) is 0 Å². The molecule has 0 spiro atoms. The number of hydrogen-bond acceptors (Lipinski definition) is 2. The summed E-state index contributed by atoms with van der Waals surface area (Å²) in [5.74, 6) is 0.988. The van der Waals surface area contributed by atoms with E-state index in [4.69, 9.17) is 16.6 Å². The first-order valence-electron chi connectivity index (χ1n) is 7.08. The number of halogens is 1. The lowest BCUT2D eigenvalue weighted by molar-refractivity contribution is 0.167. The molecule has 1 aliphatic carbocycles. The highest BCUT2D eigenvalue weighted by Crippen LogP contribution is 2.43. The van der Waals surface area contributed by atoms with E-state index in [1.807, 2.05) is 13.8 Å². The minimum atomic E-state index is -0.0745. The normalized spacial score (nSPS) is 19.6. The lowest BCUT2D eigenvalue weighted by atomic mass is 9.78. The first kappa shape index (κ1) is 13.0. The second kappa shape index (κ2) is 4.23. The van der Waals surface area contributed by atoms with Crippen LogP contribution in [0.3, 0.4) is 0 Å². The average molecular weight is 281 g/mol. The molecule has 2 aromatic rings. The SMILES string of the molecule is CCn1nc(C)c2nc(C(C)Cl)n(C3(C)CCC3)c21. The Bertz CT molecular complexity index is 619. The zero-order valence-corrected chi connectivity index (χ0v) is 12.8. The van der Waals surface area contributed by atoms with E-state index < -0.39 is 0 Å². The van der Waals surface area contributed by atoms with E-state index >= 15 is 0 Å². The van der Waals surface area contributed by atoms with Crippen LogP contribution in [0.1, 0.15) is 56.9 Å². The summed E-state index contributed by atoms with van der Waals surface area (Å²) in [5, 5.41) is 4.52. The molecule has 5 heteroatoms. The van der Waals surface area contributed by atoms with Crippen molar-refractivity contribution < 1.29 is 0 Å². The molecule has 0 amide bonds. The summed E-state index contributed by atoms with van der Waals surface area (Å²) < 4.78 is 4.41. The highest BCUT2D eigenvalue weighted by atomic mass is 35.5. The number of aryl methyl sites for hydroxylation is 2. The maximum absolute atomic E-state index is 6.36. The fraction of sp³-hybridized carbons (Fsp3) is 0.714. The van der Waals surface area contributed by atoms with Gasteiger partial charge >= 0.3 is 0 Å². The Labute approximate surface area is 118 Å². The van der Waals surface area contributed by atoms with Crippen molar-refractivity contribution in [1.29, 1.82) is 0 Å². The first-order valence-corrected chi connectivity index (χ1v) is 7.52. The van der Waals surface area contributed by atoms with Crippen LogP contribution in [-0.2, 0) is 12.1 Å². The summed E-state index contributed by atoms with van der Waals surface area (Å²) in [5.41, 5.74) is 3.31. The van der Waals surface area contributed by atoms with Gasteiger partial charge in [-0.3, -0.25) is 0 Å². The molecule has 0 bridgehead atoms. The van der Waals surface area contributed by atoms with Gasteiger partial charge in [-0.05, 0) is 47.0 Å². The number of imidazole rings is 1. The molecule has 3 rings (SSSR count). The molecule has 1 saturated carbocycles. The Morgan fingerprint density at radius 3 is 2.58 bits per heavy atom. The minimum absolute atomic E-state index is 0.0745. The van der Waals surface area contributed by atoms with Crippen LogP contribution in [-0.4, -0.2) is 19.3 Å². The average Bonchev–Trinajstić information content (AvgIpc) is 2.85. The molecular formula is C14H21ClN4. The largest absolute Gasteiger partial charge is 0.306 e. The quantitative estimate of drug-likeness (QED) is 0.803. The topological polar surface area (TPSA) is 35.6 Å². The summed E-state index contributed by atoms with van der Waals surface area (Å²) in [6, 6.07) is 0. The third-order valence-electron chi connectivity index (χ3n) is 4.36. The van der Waals surface area contributed by atoms with Crippen molar-refractivity contribution in [1.82, 2.24) is 19.3 Å². The molecule has 1 fully saturated rings. The minimum Gasteiger partial charge on any atom is -0.306 e. The molecular weight excluding hydrogens is 260 g/mol. The van der Waals surface area contributed by atoms with Gasteiger partial charge in [0.15, 0.2) is 5.65 Å². The van der Waals surface area contributed by atoms with Crippen LogP contribution in [0.4, 0.5) is 0 Å². The number of rotatable bonds is 3. The van der Waals surface area contributed by atoms with Gasteiger partial charge in [0, 0.05) is 12.1 Å². The predicted molar refractivity (Wildman–Crippen MR) is 77.7 cm³/mol. The zero-order valence-electron chi connectivity index (χ0n) is 12.1. The van der Waals surface area contributed by atoms with Gasteiger partial charge in [-0.2, -0.15) is 5.10 Å². The molecule has 0 aliphatic heterocycles. The van der Waals surface area contributed by atoms with Crippen LogP contribution in [0, 0.1) is 6.92 Å². The number of nitrogens with zero attached hydrogens (tertiary/aromatic N) is 4. The standard InChI is InChI=1S/C14H21ClN4/c1-5-18-13-11(10(3)17-18)16-12(9(2)15)19(13)14(4)7-6-8-14/h9H,5-8H2,1-4H3. The maximum atomic E-state index is 6.36. The van der Waals surface area contributed by atoms with Crippen molar-refractivity contribution >= 4 is 22.8 Å². The van der Waals surface area contributed by atoms with E-state index in [0.717, 1.165) is 29.2 Å². The lowest BCUT2D eigenvalue weighted by Crippen LogP contribution is -2.39. The van der Waals surface area contributed by atoms with Gasteiger partial charge < -0.3 is 4.57 Å². The Kier molecular flexibility index (Phi) is 2.89. The van der Waals surface area contributed by atoms with Crippen LogP contribution in [0.5, 0.6) is 0 Å². The molecule has 0 N–H and O–H groups in total. The summed E-state index contributed by atoms with van der Waals surface area (Å²) >= 11 is 6.36. The van der Waals surface area contributed by atoms with Crippen molar-refractivity contribution in [2.75, 3.05) is 0 Å². The molecule has 4 nitrogen and oxygen atoms in total. The molecule has 1 atom stereocenters. The molecule has 1 aliphatic rings. The Morgan fingerprint density at radius 1 is 1.42 bits per heavy atom. The highest BCUT2D eigenvalue weighted by Gasteiger charge is 2.38. The maximum Gasteiger partial charge on any atom is 0.159 e. The summed E-state index contributed by atoms with van der Waals surface area (Å²) in [4.78, 5) is 4.78. The van der Waals surface area contributed by atoms with E-state index in [1.165, 1.54) is 19.3 Å². The molecule has 19 heavy (non-hydrogen) atoms. The van der Waals surface area contributed by atoms with Gasteiger partial charge in [0.25, 0.3) is 0 Å². The van der Waals surface area contributed by atoms with Gasteiger partial charge in [0.1, 0.15) is 11.3 Å². The fourth-order valence-electron chi connectivity index (χ4n) is 3.12. The van der Waals surface area contributed by atoms with Crippen molar-refractivity contribution in [3.8, 4) is 0 Å². The van der Waals surface area contributed by atoms with E-state index in [0.29, 0.717) is 0 Å². The Morgan fingerprint density at radius 2 is 2.11 bits per heavy atom. The van der Waals surface area contributed by atoms with Gasteiger partial charge in [-0.1, -0.05) is 0 Å². The summed E-state index contributed by atoms with van der Waals surface area (Å²) in [6.45, 7) is 9.32. The summed E-state index contributed by atoms with van der Waals surface area (Å²) in [6.07, 6.45) is 3.68. The van der Waals surface area contributed by atoms with E-state index in [9.17, 15) is 0 Å². The fourth-order valence-corrected chi connectivity index (χ4v) is 3.26. The third-order valence-corrected chi connectivity index (χ3v) is 4.56. The molecule has 104 valence electrons. The lowest BCUT2D eigenvalue weighted by Gasteiger charge is -2.41. The van der Waals surface area contributed by atoms with Crippen LogP contribution >= 0.6 is 11.6 Å². The number of alkyl halides is 1. The predicted octanol–water partition coefficient (Wildman–Crippen LogP) is 3.76. The molecule has 2 aromatic heterocycles. The second-order valence-corrected chi connectivity index (χ2v) is 6.50. The number of hydrogen-bond donors (Lipinski definition) is 0. The third kappa shape index (κ3) is 1.72. The zero-order chi connectivity index (χ0) is 13.8. The summed E-state index contributed by atoms with van der Waals surface area (Å²) in [7, 11) is 0.